The average Bonchev–Trinajstić information content (AvgIpc) is 3.28. The molecule has 8 heteroatoms. The lowest BCUT2D eigenvalue weighted by molar-refractivity contribution is 0.0547. The Balaban J connectivity index is 1.86. The van der Waals surface area contributed by atoms with Crippen molar-refractivity contribution in [3.8, 4) is 11.3 Å². The van der Waals surface area contributed by atoms with Gasteiger partial charge in [0.05, 0.1) is 22.9 Å². The van der Waals surface area contributed by atoms with Gasteiger partial charge in [0.15, 0.2) is 0 Å². The van der Waals surface area contributed by atoms with Crippen LogP contribution in [0.5, 0.6) is 0 Å². The molecule has 1 aliphatic rings. The minimum Gasteiger partial charge on any atom is -0.443 e. The topological polar surface area (TPSA) is 92.6 Å². The molecule has 174 valence electrons. The molecule has 0 radical (unpaired) electrons. The van der Waals surface area contributed by atoms with Gasteiger partial charge >= 0.3 is 6.09 Å². The Morgan fingerprint density at radius 2 is 2.03 bits per heavy atom. The minimum atomic E-state index is -0.685. The van der Waals surface area contributed by atoms with Crippen LogP contribution in [0.3, 0.4) is 0 Å². The minimum absolute atomic E-state index is 0.216. The standard InChI is InChI=1S/C25H28ClN3O4/c1-14(30)11-27-12-15-5-8-20-16(9-15)10-21(29(20)24(32)33-25(2,3)4)17-6-7-19(26)18-13-28-23(31)22(17)18/h5-10,14,27,30H,11-13H2,1-4H3,(H,28,31). The summed E-state index contributed by atoms with van der Waals surface area (Å²) in [5.74, 6) is -0.216. The predicted molar refractivity (Wildman–Crippen MR) is 129 cm³/mol. The SMILES string of the molecule is CC(O)CNCc1ccc2c(c1)cc(-c1ccc(Cl)c3c1C(=O)NC3)n2C(=O)OC(C)(C)C. The van der Waals surface area contributed by atoms with Crippen molar-refractivity contribution in [1.82, 2.24) is 15.2 Å². The molecule has 1 aliphatic heterocycles. The van der Waals surface area contributed by atoms with E-state index in [1.54, 1.807) is 19.1 Å². The van der Waals surface area contributed by atoms with Crippen molar-refractivity contribution in [3.63, 3.8) is 0 Å². The van der Waals surface area contributed by atoms with Crippen LogP contribution in [-0.2, 0) is 17.8 Å². The lowest BCUT2D eigenvalue weighted by Crippen LogP contribution is -2.27. The van der Waals surface area contributed by atoms with E-state index in [0.717, 1.165) is 16.5 Å². The molecule has 0 bridgehead atoms. The lowest BCUT2D eigenvalue weighted by atomic mass is 10.00. The Morgan fingerprint density at radius 1 is 1.27 bits per heavy atom. The van der Waals surface area contributed by atoms with Crippen LogP contribution in [0.2, 0.25) is 5.02 Å². The fourth-order valence-corrected chi connectivity index (χ4v) is 4.25. The summed E-state index contributed by atoms with van der Waals surface area (Å²) in [6, 6.07) is 11.2. The van der Waals surface area contributed by atoms with Crippen molar-refractivity contribution in [3.05, 3.63) is 58.1 Å². The van der Waals surface area contributed by atoms with Gasteiger partial charge in [-0.15, -0.1) is 0 Å². The summed E-state index contributed by atoms with van der Waals surface area (Å²) in [6.07, 6.45) is -0.957. The first-order valence-corrected chi connectivity index (χ1v) is 11.3. The number of fused-ring (bicyclic) bond motifs is 2. The number of ether oxygens (including phenoxy) is 1. The molecule has 1 amide bonds. The highest BCUT2D eigenvalue weighted by atomic mass is 35.5. The number of nitrogens with one attached hydrogen (secondary N) is 2. The van der Waals surface area contributed by atoms with E-state index in [9.17, 15) is 14.7 Å². The monoisotopic (exact) mass is 469 g/mol. The summed E-state index contributed by atoms with van der Waals surface area (Å²) in [5.41, 5.74) is 3.40. The second-order valence-electron chi connectivity index (χ2n) is 9.35. The zero-order valence-electron chi connectivity index (χ0n) is 19.2. The van der Waals surface area contributed by atoms with Crippen molar-refractivity contribution < 1.29 is 19.4 Å². The Labute approximate surface area is 197 Å². The van der Waals surface area contributed by atoms with Crippen molar-refractivity contribution in [2.24, 2.45) is 0 Å². The first-order chi connectivity index (χ1) is 15.5. The molecular weight excluding hydrogens is 442 g/mol. The third kappa shape index (κ3) is 4.76. The largest absolute Gasteiger partial charge is 0.443 e. The van der Waals surface area contributed by atoms with Crippen LogP contribution in [-0.4, -0.2) is 39.9 Å². The fourth-order valence-electron chi connectivity index (χ4n) is 4.03. The lowest BCUT2D eigenvalue weighted by Gasteiger charge is -2.21. The van der Waals surface area contributed by atoms with Gasteiger partial charge in [-0.05, 0) is 57.5 Å². The number of halogens is 1. The molecule has 0 spiro atoms. The summed E-state index contributed by atoms with van der Waals surface area (Å²) in [7, 11) is 0. The molecular formula is C25H28ClN3O4. The summed E-state index contributed by atoms with van der Waals surface area (Å²) < 4.78 is 7.22. The van der Waals surface area contributed by atoms with Crippen molar-refractivity contribution in [2.75, 3.05) is 6.54 Å². The number of carbonyl (C=O) groups is 2. The predicted octanol–water partition coefficient (Wildman–Crippen LogP) is 4.46. The number of aliphatic hydroxyl groups is 1. The van der Waals surface area contributed by atoms with Crippen LogP contribution in [0, 0.1) is 0 Å². The van der Waals surface area contributed by atoms with Crippen LogP contribution in [0.1, 0.15) is 49.2 Å². The molecule has 0 aliphatic carbocycles. The number of hydrogen-bond acceptors (Lipinski definition) is 5. The smallest absolute Gasteiger partial charge is 0.419 e. The molecule has 1 atom stereocenters. The molecule has 3 aromatic rings. The number of hydrogen-bond donors (Lipinski definition) is 3. The molecule has 2 heterocycles. The van der Waals surface area contributed by atoms with Gasteiger partial charge in [0, 0.05) is 41.2 Å². The molecule has 1 unspecified atom stereocenters. The van der Waals surface area contributed by atoms with Gasteiger partial charge in [0.1, 0.15) is 5.60 Å². The van der Waals surface area contributed by atoms with Gasteiger partial charge in [-0.25, -0.2) is 9.36 Å². The number of rotatable bonds is 5. The van der Waals surface area contributed by atoms with E-state index in [0.29, 0.717) is 47.0 Å². The van der Waals surface area contributed by atoms with Crippen molar-refractivity contribution in [2.45, 2.75) is 52.5 Å². The van der Waals surface area contributed by atoms with Gasteiger partial charge in [0.25, 0.3) is 5.91 Å². The maximum Gasteiger partial charge on any atom is 0.419 e. The summed E-state index contributed by atoms with van der Waals surface area (Å²) in [4.78, 5) is 25.9. The van der Waals surface area contributed by atoms with E-state index in [1.807, 2.05) is 45.0 Å². The Kier molecular flexibility index (Phi) is 6.22. The number of nitrogens with zero attached hydrogens (tertiary/aromatic N) is 1. The Bertz CT molecular complexity index is 1240. The first kappa shape index (κ1) is 23.3. The molecule has 3 N–H and O–H groups in total. The number of aromatic nitrogens is 1. The first-order valence-electron chi connectivity index (χ1n) is 10.9. The number of benzene rings is 2. The van der Waals surface area contributed by atoms with Crippen molar-refractivity contribution in [1.29, 1.82) is 0 Å². The average molecular weight is 470 g/mol. The zero-order valence-corrected chi connectivity index (χ0v) is 19.9. The van der Waals surface area contributed by atoms with E-state index >= 15 is 0 Å². The van der Waals surface area contributed by atoms with Gasteiger partial charge in [0.2, 0.25) is 0 Å². The number of amides is 1. The maximum absolute atomic E-state index is 13.3. The van der Waals surface area contributed by atoms with Gasteiger partial charge in [-0.1, -0.05) is 23.7 Å². The maximum atomic E-state index is 13.3. The van der Waals surface area contributed by atoms with E-state index in [4.69, 9.17) is 16.3 Å². The highest BCUT2D eigenvalue weighted by Gasteiger charge is 2.29. The molecule has 7 nitrogen and oxygen atoms in total. The van der Waals surface area contributed by atoms with Gasteiger partial charge in [-0.2, -0.15) is 0 Å². The van der Waals surface area contributed by atoms with E-state index in [2.05, 4.69) is 10.6 Å². The van der Waals surface area contributed by atoms with E-state index in [1.165, 1.54) is 4.57 Å². The third-order valence-corrected chi connectivity index (χ3v) is 5.75. The molecule has 1 aromatic heterocycles. The molecule has 4 rings (SSSR count). The van der Waals surface area contributed by atoms with E-state index in [-0.39, 0.29) is 5.91 Å². The fraction of sp³-hybridized carbons (Fsp3) is 0.360. The molecule has 33 heavy (non-hydrogen) atoms. The van der Waals surface area contributed by atoms with Gasteiger partial charge in [-0.3, -0.25) is 4.79 Å². The number of carbonyl (C=O) groups excluding carboxylic acids is 2. The highest BCUT2D eigenvalue weighted by molar-refractivity contribution is 6.32. The van der Waals surface area contributed by atoms with Crippen LogP contribution < -0.4 is 10.6 Å². The zero-order chi connectivity index (χ0) is 23.9. The molecule has 0 saturated carbocycles. The van der Waals surface area contributed by atoms with Crippen LogP contribution >= 0.6 is 11.6 Å². The second kappa shape index (κ2) is 8.82. The van der Waals surface area contributed by atoms with Crippen LogP contribution in [0.15, 0.2) is 36.4 Å². The number of aliphatic hydroxyl groups excluding tert-OH is 1. The Morgan fingerprint density at radius 3 is 2.73 bits per heavy atom. The molecule has 0 saturated heterocycles. The van der Waals surface area contributed by atoms with Crippen LogP contribution in [0.25, 0.3) is 22.2 Å². The molecule has 2 aromatic carbocycles. The van der Waals surface area contributed by atoms with Crippen molar-refractivity contribution >= 4 is 34.5 Å². The summed E-state index contributed by atoms with van der Waals surface area (Å²) >= 11 is 6.34. The normalized spacial score (nSPS) is 14.3. The Hall–Kier alpha value is -2.87. The second-order valence-corrected chi connectivity index (χ2v) is 9.76. The van der Waals surface area contributed by atoms with Crippen LogP contribution in [0.4, 0.5) is 4.79 Å². The summed E-state index contributed by atoms with van der Waals surface area (Å²) in [6.45, 7) is 8.58. The van der Waals surface area contributed by atoms with Gasteiger partial charge < -0.3 is 20.5 Å². The third-order valence-electron chi connectivity index (χ3n) is 5.40. The summed E-state index contributed by atoms with van der Waals surface area (Å²) in [5, 5.41) is 16.9. The highest BCUT2D eigenvalue weighted by Crippen LogP contribution is 2.37. The quantitative estimate of drug-likeness (QED) is 0.513. The molecule has 0 fully saturated rings. The van der Waals surface area contributed by atoms with E-state index < -0.39 is 17.8 Å².